The van der Waals surface area contributed by atoms with Crippen molar-refractivity contribution in [1.29, 1.82) is 0 Å². The SMILES string of the molecule is Cc1ccc(S(=O)(=O)n2cc3c4c2C(=O)C2=C(C4=NCC3)[C@@]3(C=CC(=O)C(Br)=C3)C[C@H](CO)N2)cc1. The molecule has 8 nitrogen and oxygen atoms in total. The molecular weight excluding hydrogens is 546 g/mol. The van der Waals surface area contributed by atoms with Crippen LogP contribution in [0.3, 0.4) is 0 Å². The Bertz CT molecular complexity index is 1590. The van der Waals surface area contributed by atoms with Gasteiger partial charge in [0.2, 0.25) is 5.78 Å². The van der Waals surface area contributed by atoms with Crippen LogP contribution in [-0.4, -0.2) is 54.0 Å². The highest BCUT2D eigenvalue weighted by Gasteiger charge is 2.50. The Morgan fingerprint density at radius 2 is 2.00 bits per heavy atom. The maximum absolute atomic E-state index is 14.1. The van der Waals surface area contributed by atoms with Crippen LogP contribution < -0.4 is 5.32 Å². The number of hydrogen-bond acceptors (Lipinski definition) is 7. The van der Waals surface area contributed by atoms with Crippen molar-refractivity contribution in [2.75, 3.05) is 13.2 Å². The Balaban J connectivity index is 1.60. The van der Waals surface area contributed by atoms with Gasteiger partial charge in [0.1, 0.15) is 5.69 Å². The van der Waals surface area contributed by atoms with Gasteiger partial charge < -0.3 is 10.4 Å². The van der Waals surface area contributed by atoms with Crippen LogP contribution in [0.25, 0.3) is 0 Å². The summed E-state index contributed by atoms with van der Waals surface area (Å²) in [6.45, 7) is 2.07. The molecule has 184 valence electrons. The number of benzene rings is 1. The van der Waals surface area contributed by atoms with E-state index in [0.717, 1.165) is 15.1 Å². The fraction of sp³-hybridized carbons (Fsp3) is 0.269. The molecule has 2 N–H and O–H groups in total. The molecule has 2 atom stereocenters. The lowest BCUT2D eigenvalue weighted by Gasteiger charge is -2.44. The topological polar surface area (TPSA) is 118 Å². The van der Waals surface area contributed by atoms with Gasteiger partial charge in [-0.25, -0.2) is 12.4 Å². The first-order valence-corrected chi connectivity index (χ1v) is 13.8. The van der Waals surface area contributed by atoms with Crippen molar-refractivity contribution in [2.24, 2.45) is 10.4 Å². The van der Waals surface area contributed by atoms with Crippen molar-refractivity contribution in [3.63, 3.8) is 0 Å². The van der Waals surface area contributed by atoms with Crippen LogP contribution in [0.4, 0.5) is 0 Å². The normalized spacial score (nSPS) is 24.8. The molecule has 6 rings (SSSR count). The minimum absolute atomic E-state index is 0.0444. The predicted molar refractivity (Wildman–Crippen MR) is 137 cm³/mol. The largest absolute Gasteiger partial charge is 0.394 e. The van der Waals surface area contributed by atoms with Crippen molar-refractivity contribution < 1.29 is 23.1 Å². The Hall–Kier alpha value is -3.08. The zero-order chi connectivity index (χ0) is 25.4. The molecule has 0 saturated carbocycles. The molecule has 0 saturated heterocycles. The number of aliphatic hydroxyl groups excluding tert-OH is 1. The van der Waals surface area contributed by atoms with Gasteiger partial charge in [0.15, 0.2) is 5.78 Å². The number of aliphatic imine (C=N–C) groups is 1. The van der Waals surface area contributed by atoms with E-state index in [0.29, 0.717) is 40.7 Å². The van der Waals surface area contributed by atoms with E-state index in [1.807, 2.05) is 6.92 Å². The molecule has 10 heteroatoms. The molecule has 2 aliphatic carbocycles. The van der Waals surface area contributed by atoms with Gasteiger partial charge >= 0.3 is 0 Å². The van der Waals surface area contributed by atoms with Crippen LogP contribution in [0.1, 0.15) is 33.6 Å². The summed E-state index contributed by atoms with van der Waals surface area (Å²) in [6, 6.07) is 6.02. The van der Waals surface area contributed by atoms with E-state index in [1.54, 1.807) is 24.3 Å². The van der Waals surface area contributed by atoms with Gasteiger partial charge in [-0.05, 0) is 59.5 Å². The predicted octanol–water partition coefficient (Wildman–Crippen LogP) is 2.59. The van der Waals surface area contributed by atoms with Crippen LogP contribution in [0.2, 0.25) is 0 Å². The zero-order valence-electron chi connectivity index (χ0n) is 19.3. The van der Waals surface area contributed by atoms with E-state index in [-0.39, 0.29) is 28.7 Å². The summed E-state index contributed by atoms with van der Waals surface area (Å²) in [6.07, 6.45) is 7.43. The van der Waals surface area contributed by atoms with Gasteiger partial charge in [-0.1, -0.05) is 29.8 Å². The molecule has 2 aromatic rings. The van der Waals surface area contributed by atoms with Gasteiger partial charge in [-0.2, -0.15) is 0 Å². The number of Topliss-reactive ketones (excluding diaryl/α,β-unsaturated/α-hetero) is 1. The second-order valence-corrected chi connectivity index (χ2v) is 12.2. The van der Waals surface area contributed by atoms with Crippen molar-refractivity contribution in [2.45, 2.75) is 30.7 Å². The summed E-state index contributed by atoms with van der Waals surface area (Å²) in [5.74, 6) is -0.665. The molecule has 0 bridgehead atoms. The number of rotatable bonds is 3. The van der Waals surface area contributed by atoms with Crippen LogP contribution in [0.15, 0.2) is 74.3 Å². The Morgan fingerprint density at radius 1 is 1.25 bits per heavy atom. The van der Waals surface area contributed by atoms with Gasteiger partial charge in [0, 0.05) is 29.3 Å². The third kappa shape index (κ3) is 3.21. The van der Waals surface area contributed by atoms with E-state index >= 15 is 0 Å². The van der Waals surface area contributed by atoms with Crippen molar-refractivity contribution >= 4 is 43.2 Å². The maximum atomic E-state index is 14.1. The molecule has 4 aliphatic rings. The first kappa shape index (κ1) is 23.3. The van der Waals surface area contributed by atoms with Crippen molar-refractivity contribution in [3.05, 3.63) is 86.8 Å². The Kier molecular flexibility index (Phi) is 5.16. The van der Waals surface area contributed by atoms with Crippen molar-refractivity contribution in [1.82, 2.24) is 9.29 Å². The lowest BCUT2D eigenvalue weighted by atomic mass is 9.65. The number of aryl methyl sites for hydroxylation is 1. The summed E-state index contributed by atoms with van der Waals surface area (Å²) >= 11 is 3.35. The fourth-order valence-corrected chi connectivity index (χ4v) is 7.46. The molecule has 0 unspecified atom stereocenters. The number of carbonyl (C=O) groups is 2. The number of carbonyl (C=O) groups excluding carboxylic acids is 2. The smallest absolute Gasteiger partial charge is 0.268 e. The van der Waals surface area contributed by atoms with E-state index in [1.165, 1.54) is 24.4 Å². The third-order valence-corrected chi connectivity index (χ3v) is 9.51. The highest BCUT2D eigenvalue weighted by molar-refractivity contribution is 9.12. The minimum atomic E-state index is -4.06. The highest BCUT2D eigenvalue weighted by Crippen LogP contribution is 2.49. The number of aliphatic hydroxyl groups is 1. The Morgan fingerprint density at radius 3 is 2.69 bits per heavy atom. The lowest BCUT2D eigenvalue weighted by Crippen LogP contribution is -2.50. The molecule has 0 fully saturated rings. The number of ketones is 2. The number of hydrogen-bond donors (Lipinski definition) is 2. The first-order chi connectivity index (χ1) is 17.2. The summed E-state index contributed by atoms with van der Waals surface area (Å²) < 4.78 is 28.9. The number of nitrogens with one attached hydrogen (secondary N) is 1. The molecule has 3 heterocycles. The van der Waals surface area contributed by atoms with Gasteiger partial charge in [-0.3, -0.25) is 14.6 Å². The summed E-state index contributed by atoms with van der Waals surface area (Å²) in [5, 5.41) is 13.2. The summed E-state index contributed by atoms with van der Waals surface area (Å²) in [7, 11) is -4.06. The molecule has 0 radical (unpaired) electrons. The number of allylic oxidation sites excluding steroid dienone is 6. The minimum Gasteiger partial charge on any atom is -0.394 e. The quantitative estimate of drug-likeness (QED) is 0.588. The van der Waals surface area contributed by atoms with Crippen LogP contribution in [0.5, 0.6) is 0 Å². The van der Waals surface area contributed by atoms with Gasteiger partial charge in [0.25, 0.3) is 10.0 Å². The average molecular weight is 568 g/mol. The van der Waals surface area contributed by atoms with Crippen LogP contribution in [0, 0.1) is 12.3 Å². The maximum Gasteiger partial charge on any atom is 0.268 e. The molecular formula is C26H22BrN3O5S. The second kappa shape index (κ2) is 7.96. The van der Waals surface area contributed by atoms with E-state index in [9.17, 15) is 23.1 Å². The standard InChI is InChI=1S/C26H22BrN3O5S/c1-14-2-4-17(5-3-14)36(34,35)30-12-15-7-9-28-22-20(15)24(30)25(33)23-21(22)26(10-16(13-31)29-23)8-6-19(32)18(27)11-26/h2-6,8,11-12,16,29,31H,7,9-10,13H2,1H3/t16-,26+/m1/s1. The first-order valence-electron chi connectivity index (χ1n) is 11.6. The molecule has 0 amide bonds. The Labute approximate surface area is 216 Å². The van der Waals surface area contributed by atoms with E-state index in [4.69, 9.17) is 4.99 Å². The van der Waals surface area contributed by atoms with Gasteiger partial charge in [0.05, 0.1) is 33.4 Å². The molecule has 2 aliphatic heterocycles. The zero-order valence-corrected chi connectivity index (χ0v) is 21.7. The summed E-state index contributed by atoms with van der Waals surface area (Å²) in [4.78, 5) is 31.2. The molecule has 1 aromatic carbocycles. The highest BCUT2D eigenvalue weighted by atomic mass is 79.9. The van der Waals surface area contributed by atoms with Crippen molar-refractivity contribution in [3.8, 4) is 0 Å². The monoisotopic (exact) mass is 567 g/mol. The number of aromatic nitrogens is 1. The molecule has 1 aromatic heterocycles. The van der Waals surface area contributed by atoms with E-state index in [2.05, 4.69) is 21.2 Å². The fourth-order valence-electron chi connectivity index (χ4n) is 5.53. The number of fused-ring (bicyclic) bond motifs is 2. The van der Waals surface area contributed by atoms with Gasteiger partial charge in [-0.15, -0.1) is 0 Å². The second-order valence-electron chi connectivity index (χ2n) is 9.51. The number of halogens is 1. The lowest BCUT2D eigenvalue weighted by molar-refractivity contribution is -0.110. The third-order valence-electron chi connectivity index (χ3n) is 7.22. The molecule has 1 spiro atoms. The molecule has 36 heavy (non-hydrogen) atoms. The van der Waals surface area contributed by atoms with Crippen LogP contribution in [-0.2, 0) is 21.2 Å². The summed E-state index contributed by atoms with van der Waals surface area (Å²) in [5.41, 5.74) is 2.74. The van der Waals surface area contributed by atoms with Crippen LogP contribution >= 0.6 is 15.9 Å². The number of nitrogens with zero attached hydrogens (tertiary/aromatic N) is 2. The average Bonchev–Trinajstić information content (AvgIpc) is 3.27. The van der Waals surface area contributed by atoms with E-state index < -0.39 is 27.3 Å².